The van der Waals surface area contributed by atoms with Gasteiger partial charge in [-0.1, -0.05) is 30.3 Å². The summed E-state index contributed by atoms with van der Waals surface area (Å²) in [6.45, 7) is 4.83. The van der Waals surface area contributed by atoms with Gasteiger partial charge in [0.25, 0.3) is 0 Å². The summed E-state index contributed by atoms with van der Waals surface area (Å²) in [4.78, 5) is 30.2. The maximum absolute atomic E-state index is 12.7. The Labute approximate surface area is 167 Å². The maximum atomic E-state index is 12.7. The lowest BCUT2D eigenvalue weighted by atomic mass is 9.87. The van der Waals surface area contributed by atoms with E-state index >= 15 is 0 Å². The number of methoxy groups -OCH3 is 1. The molecule has 7 heteroatoms. The number of carbonyl (C=O) groups is 2. The third-order valence-electron chi connectivity index (χ3n) is 5.44. The first kappa shape index (κ1) is 18.7. The summed E-state index contributed by atoms with van der Waals surface area (Å²) in [5.74, 6) is -0.728. The fraction of sp³-hybridized carbons (Fsp3) is 0.227. The number of hydrogen-bond donors (Lipinski definition) is 1. The number of fused-ring (bicyclic) bond motifs is 3. The second-order valence-electron chi connectivity index (χ2n) is 7.11. The number of ether oxygens (including phenoxy) is 1. The van der Waals surface area contributed by atoms with Crippen LogP contribution < -0.4 is 0 Å². The van der Waals surface area contributed by atoms with Crippen molar-refractivity contribution in [1.29, 1.82) is 0 Å². The van der Waals surface area contributed by atoms with Gasteiger partial charge in [0, 0.05) is 42.1 Å². The molecular formula is C22H21N3O4. The molecule has 29 heavy (non-hydrogen) atoms. The lowest BCUT2D eigenvalue weighted by molar-refractivity contribution is -0.349. The lowest BCUT2D eigenvalue weighted by Gasteiger charge is -2.40. The Morgan fingerprint density at radius 2 is 2.00 bits per heavy atom. The summed E-state index contributed by atoms with van der Waals surface area (Å²) in [5, 5.41) is 12.7. The summed E-state index contributed by atoms with van der Waals surface area (Å²) in [6.07, 6.45) is 0.352. The number of hydrogen-bond acceptors (Lipinski definition) is 4. The Bertz CT molecular complexity index is 1130. The van der Waals surface area contributed by atoms with Crippen LogP contribution in [0.5, 0.6) is 0 Å². The van der Waals surface area contributed by atoms with E-state index in [2.05, 4.69) is 11.7 Å². The molecule has 2 heterocycles. The van der Waals surface area contributed by atoms with Crippen LogP contribution >= 0.6 is 0 Å². The minimum atomic E-state index is -0.763. The molecule has 0 fully saturated rings. The number of H-pyrrole nitrogens is 1. The molecule has 0 saturated carbocycles. The van der Waals surface area contributed by atoms with Crippen LogP contribution in [0, 0.1) is 5.21 Å². The average Bonchev–Trinajstić information content (AvgIpc) is 3.10. The maximum Gasteiger partial charge on any atom is 0.328 e. The van der Waals surface area contributed by atoms with Gasteiger partial charge in [0.05, 0.1) is 13.2 Å². The summed E-state index contributed by atoms with van der Waals surface area (Å²) in [6, 6.07) is 13.4. The zero-order chi connectivity index (χ0) is 20.7. The van der Waals surface area contributed by atoms with Crippen molar-refractivity contribution in [1.82, 2.24) is 9.88 Å². The minimum Gasteiger partial charge on any atom is -0.619 e. The molecule has 2 atom stereocenters. The van der Waals surface area contributed by atoms with Gasteiger partial charge in [-0.3, -0.25) is 4.79 Å². The fourth-order valence-electron chi connectivity index (χ4n) is 4.20. The van der Waals surface area contributed by atoms with E-state index in [1.54, 1.807) is 18.2 Å². The molecule has 2 unspecified atom stereocenters. The van der Waals surface area contributed by atoms with Crippen LogP contribution in [0.2, 0.25) is 0 Å². The van der Waals surface area contributed by atoms with E-state index in [-0.39, 0.29) is 5.91 Å². The first-order valence-corrected chi connectivity index (χ1v) is 9.26. The van der Waals surface area contributed by atoms with Crippen molar-refractivity contribution in [3.8, 4) is 0 Å². The minimum absolute atomic E-state index is 0.256. The van der Waals surface area contributed by atoms with Crippen molar-refractivity contribution in [2.45, 2.75) is 25.4 Å². The van der Waals surface area contributed by atoms with Crippen molar-refractivity contribution in [2.24, 2.45) is 0 Å². The Hall–Kier alpha value is -3.61. The molecule has 148 valence electrons. The van der Waals surface area contributed by atoms with E-state index < -0.39 is 18.1 Å². The van der Waals surface area contributed by atoms with Crippen molar-refractivity contribution >= 4 is 35.2 Å². The number of carbonyl (C=O) groups excluding carboxylic acids is 2. The summed E-state index contributed by atoms with van der Waals surface area (Å²) in [7, 11) is 1.32. The highest BCUT2D eigenvalue weighted by Crippen LogP contribution is 2.41. The molecule has 2 aromatic carbocycles. The van der Waals surface area contributed by atoms with Crippen LogP contribution in [0.15, 0.2) is 48.5 Å². The van der Waals surface area contributed by atoms with E-state index in [9.17, 15) is 14.8 Å². The molecule has 0 radical (unpaired) electrons. The average molecular weight is 391 g/mol. The van der Waals surface area contributed by atoms with Crippen molar-refractivity contribution in [2.75, 3.05) is 7.11 Å². The summed E-state index contributed by atoms with van der Waals surface area (Å²) in [5.41, 5.74) is 3.81. The highest BCUT2D eigenvalue weighted by Gasteiger charge is 2.43. The van der Waals surface area contributed by atoms with Gasteiger partial charge in [-0.25, -0.2) is 4.79 Å². The van der Waals surface area contributed by atoms with Gasteiger partial charge in [0.2, 0.25) is 11.6 Å². The van der Waals surface area contributed by atoms with Gasteiger partial charge in [-0.05, 0) is 17.2 Å². The fourth-order valence-corrected chi connectivity index (χ4v) is 4.20. The predicted molar refractivity (Wildman–Crippen MR) is 109 cm³/mol. The molecular weight excluding hydrogens is 370 g/mol. The molecule has 3 aromatic rings. The smallest absolute Gasteiger partial charge is 0.328 e. The number of esters is 1. The number of benzene rings is 2. The number of nitrogens with one attached hydrogen (secondary N) is 1. The van der Waals surface area contributed by atoms with Gasteiger partial charge < -0.3 is 19.8 Å². The quantitative estimate of drug-likeness (QED) is 0.244. The molecule has 1 N–H and O–H groups in total. The molecule has 7 nitrogen and oxygen atoms in total. The number of amides is 1. The molecule has 0 aliphatic carbocycles. The van der Waals surface area contributed by atoms with Gasteiger partial charge >= 0.3 is 5.97 Å². The number of aromatic amines is 1. The predicted octanol–water partition coefficient (Wildman–Crippen LogP) is 3.05. The van der Waals surface area contributed by atoms with E-state index in [4.69, 9.17) is 4.74 Å². The standard InChI is InChI=1S/C22H21N3O4/c1-13(26)25-19(22(27)29-3)12-17-16-9-4-5-10-18(16)23-20(17)21(25)14-7-6-8-15(11-14)24(2)28/h4-11,19,21,23H,2,12H2,1,3H3. The number of nitrogens with zero attached hydrogens (tertiary/aromatic N) is 2. The highest BCUT2D eigenvalue weighted by molar-refractivity contribution is 5.90. The van der Waals surface area contributed by atoms with Crippen LogP contribution in [0.3, 0.4) is 0 Å². The third kappa shape index (κ3) is 3.04. The van der Waals surface area contributed by atoms with E-state index in [0.717, 1.165) is 22.2 Å². The van der Waals surface area contributed by atoms with Gasteiger partial charge in [0.1, 0.15) is 12.8 Å². The zero-order valence-corrected chi connectivity index (χ0v) is 16.2. The van der Waals surface area contributed by atoms with Crippen LogP contribution in [0.4, 0.5) is 5.69 Å². The third-order valence-corrected chi connectivity index (χ3v) is 5.44. The van der Waals surface area contributed by atoms with E-state index in [1.807, 2.05) is 30.3 Å². The number of aromatic nitrogens is 1. The Kier molecular flexibility index (Phi) is 4.58. The summed E-state index contributed by atoms with van der Waals surface area (Å²) < 4.78 is 5.53. The second-order valence-corrected chi connectivity index (χ2v) is 7.11. The first-order chi connectivity index (χ1) is 13.9. The van der Waals surface area contributed by atoms with E-state index in [1.165, 1.54) is 18.9 Å². The van der Waals surface area contributed by atoms with Crippen LogP contribution in [0.1, 0.15) is 29.8 Å². The highest BCUT2D eigenvalue weighted by atomic mass is 16.5. The topological polar surface area (TPSA) is 88.5 Å². The summed E-state index contributed by atoms with van der Waals surface area (Å²) >= 11 is 0. The number of para-hydroxylation sites is 1. The van der Waals surface area contributed by atoms with Crippen LogP contribution in [-0.4, -0.2) is 46.4 Å². The SMILES string of the molecule is C=[N+]([O-])c1cccc(C2c3[nH]c4ccccc4c3CC(C(=O)OC)N2C(C)=O)c1. The van der Waals surface area contributed by atoms with Gasteiger partial charge in [-0.2, -0.15) is 4.74 Å². The Morgan fingerprint density at radius 3 is 2.69 bits per heavy atom. The normalized spacial score (nSPS) is 18.3. The molecule has 1 aliphatic heterocycles. The molecule has 0 bridgehead atoms. The van der Waals surface area contributed by atoms with Gasteiger partial charge in [0.15, 0.2) is 0 Å². The molecule has 1 aliphatic rings. The molecule has 0 saturated heterocycles. The molecule has 0 spiro atoms. The van der Waals surface area contributed by atoms with Crippen LogP contribution in [0.25, 0.3) is 10.9 Å². The van der Waals surface area contributed by atoms with Crippen LogP contribution in [-0.2, 0) is 20.7 Å². The monoisotopic (exact) mass is 391 g/mol. The molecule has 1 amide bonds. The molecule has 1 aromatic heterocycles. The van der Waals surface area contributed by atoms with Gasteiger partial charge in [-0.15, -0.1) is 0 Å². The largest absolute Gasteiger partial charge is 0.619 e. The van der Waals surface area contributed by atoms with Crippen molar-refractivity contribution < 1.29 is 19.1 Å². The molecule has 4 rings (SSSR count). The van der Waals surface area contributed by atoms with Crippen molar-refractivity contribution in [3.63, 3.8) is 0 Å². The first-order valence-electron chi connectivity index (χ1n) is 9.26. The van der Waals surface area contributed by atoms with E-state index in [0.29, 0.717) is 22.4 Å². The Morgan fingerprint density at radius 1 is 1.24 bits per heavy atom. The Balaban J connectivity index is 1.99. The van der Waals surface area contributed by atoms with Crippen molar-refractivity contribution in [3.05, 3.63) is 70.6 Å². The number of rotatable bonds is 3. The lowest BCUT2D eigenvalue weighted by Crippen LogP contribution is -2.51. The zero-order valence-electron chi connectivity index (χ0n) is 16.2. The second kappa shape index (κ2) is 7.09.